The number of halogens is 3. The first-order chi connectivity index (χ1) is 19.3. The van der Waals surface area contributed by atoms with Gasteiger partial charge in [-0.1, -0.05) is 0 Å². The first-order valence-electron chi connectivity index (χ1n) is 12.9. The zero-order valence-corrected chi connectivity index (χ0v) is 27.5. The van der Waals surface area contributed by atoms with E-state index < -0.39 is 10.8 Å². The summed E-state index contributed by atoms with van der Waals surface area (Å²) in [6, 6.07) is 30.2. The van der Waals surface area contributed by atoms with Gasteiger partial charge < -0.3 is 0 Å². The van der Waals surface area contributed by atoms with Crippen LogP contribution < -0.4 is 12.4 Å². The molecule has 41 heavy (non-hydrogen) atoms. The van der Waals surface area contributed by atoms with Crippen LogP contribution in [0.15, 0.2) is 128 Å². The predicted octanol–water partition coefficient (Wildman–Crippen LogP) is 5.44. The Kier molecular flexibility index (Phi) is 8.12. The number of imidazole rings is 3. The summed E-state index contributed by atoms with van der Waals surface area (Å²) in [4.78, 5) is 14.3. The maximum absolute atomic E-state index is 8.03. The molecule has 3 heterocycles. The SMILES string of the molecule is P.[Cl][Ti]([Cl])([Cl])([c]1nccn1Cc1ccccc1)([c]1nccn1Cc1ccccc1)[c]1nccn1Cc1ccccc1. The second-order valence-electron chi connectivity index (χ2n) is 10.0. The van der Waals surface area contributed by atoms with Crippen LogP contribution in [0, 0.1) is 0 Å². The quantitative estimate of drug-likeness (QED) is 0.154. The van der Waals surface area contributed by atoms with Crippen molar-refractivity contribution in [2.75, 3.05) is 0 Å². The van der Waals surface area contributed by atoms with Gasteiger partial charge >= 0.3 is 244 Å². The van der Waals surface area contributed by atoms with Gasteiger partial charge in [-0.15, -0.1) is 0 Å². The Morgan fingerprint density at radius 2 is 0.732 bits per heavy atom. The van der Waals surface area contributed by atoms with Crippen LogP contribution in [0.2, 0.25) is 0 Å². The van der Waals surface area contributed by atoms with Crippen molar-refractivity contribution in [2.45, 2.75) is 19.6 Å². The van der Waals surface area contributed by atoms with Gasteiger partial charge in [0.05, 0.1) is 0 Å². The summed E-state index contributed by atoms with van der Waals surface area (Å²) in [6.45, 7) is 1.43. The van der Waals surface area contributed by atoms with E-state index in [-0.39, 0.29) is 9.90 Å². The molecule has 0 N–H and O–H groups in total. The molecule has 1 atom stereocenters. The van der Waals surface area contributed by atoms with Gasteiger partial charge in [-0.3, -0.25) is 0 Å². The Morgan fingerprint density at radius 1 is 0.463 bits per heavy atom. The van der Waals surface area contributed by atoms with E-state index in [1.807, 2.05) is 123 Å². The van der Waals surface area contributed by atoms with Crippen molar-refractivity contribution >= 4 is 50.2 Å². The molecule has 6 rings (SSSR count). The second kappa shape index (κ2) is 11.2. The average molecular weight is 660 g/mol. The maximum atomic E-state index is 8.03. The van der Waals surface area contributed by atoms with Crippen LogP contribution in [0.5, 0.6) is 0 Å². The monoisotopic (exact) mass is 658 g/mol. The molecule has 0 aliphatic carbocycles. The molecule has 1 unspecified atom stereocenters. The molecule has 0 saturated heterocycles. The molecule has 210 valence electrons. The third kappa shape index (κ3) is 5.34. The summed E-state index contributed by atoms with van der Waals surface area (Å²) in [5.41, 5.74) is 3.18. The molecule has 3 aromatic carbocycles. The van der Waals surface area contributed by atoms with Gasteiger partial charge in [-0.25, -0.2) is 0 Å². The van der Waals surface area contributed by atoms with Gasteiger partial charge in [0.25, 0.3) is 0 Å². The predicted molar refractivity (Wildman–Crippen MR) is 171 cm³/mol. The Balaban J connectivity index is 0.00000337. The molecule has 0 amide bonds. The third-order valence-electron chi connectivity index (χ3n) is 7.17. The number of hydrogen-bond acceptors (Lipinski definition) is 3. The van der Waals surface area contributed by atoms with Crippen molar-refractivity contribution < 1.29 is 10.8 Å². The number of aromatic nitrogens is 6. The molecule has 6 aromatic rings. The zero-order chi connectivity index (χ0) is 27.7. The van der Waals surface area contributed by atoms with E-state index in [0.29, 0.717) is 32.0 Å². The minimum absolute atomic E-state index is 0. The Morgan fingerprint density at radius 3 is 1.00 bits per heavy atom. The molecule has 3 aromatic heterocycles. The molecule has 0 radical (unpaired) electrons. The fraction of sp³-hybridized carbons (Fsp3) is 0.100. The van der Waals surface area contributed by atoms with Gasteiger partial charge in [0, 0.05) is 0 Å². The number of rotatable bonds is 9. The standard InChI is InChI=1S/3C10H9N2.3ClH.H3P.Ti/c3*1-2-4-10(5-3-1)8-12-7-6-11-9-12;;;;;/h3*1-7H,8H2;3*1H;1H3;/q;;;;;;;+3/p-3. The Bertz CT molecular complexity index is 1550. The third-order valence-corrected chi connectivity index (χ3v) is 19.9. The van der Waals surface area contributed by atoms with Crippen LogP contribution in [0.3, 0.4) is 0 Å². The van der Waals surface area contributed by atoms with E-state index in [1.165, 1.54) is 0 Å². The van der Waals surface area contributed by atoms with Crippen LogP contribution in [-0.4, -0.2) is 28.7 Å². The topological polar surface area (TPSA) is 53.5 Å². The molecule has 11 heteroatoms. The second-order valence-corrected chi connectivity index (χ2v) is 30.7. The molecule has 0 saturated carbocycles. The molecular weight excluding hydrogens is 630 g/mol. The van der Waals surface area contributed by atoms with Crippen LogP contribution in [0.25, 0.3) is 0 Å². The molecule has 0 spiro atoms. The fourth-order valence-corrected chi connectivity index (χ4v) is 17.3. The van der Waals surface area contributed by atoms with Crippen molar-refractivity contribution in [2.24, 2.45) is 0 Å². The van der Waals surface area contributed by atoms with E-state index in [2.05, 4.69) is 0 Å². The summed E-state index contributed by atoms with van der Waals surface area (Å²) >= 11 is 0. The summed E-state index contributed by atoms with van der Waals surface area (Å²) < 4.78 is 6.85. The molecular formula is C30H30Cl3N6PTi. The number of benzene rings is 3. The van der Waals surface area contributed by atoms with Crippen LogP contribution in [-0.2, 0) is 30.5 Å². The van der Waals surface area contributed by atoms with Crippen molar-refractivity contribution in [3.8, 4) is 0 Å². The molecule has 0 bridgehead atoms. The van der Waals surface area contributed by atoms with Crippen LogP contribution >= 0.6 is 37.8 Å². The Hall–Kier alpha value is -2.70. The van der Waals surface area contributed by atoms with Crippen molar-refractivity contribution in [3.63, 3.8) is 0 Å². The van der Waals surface area contributed by atoms with Crippen molar-refractivity contribution in [1.82, 2.24) is 28.7 Å². The van der Waals surface area contributed by atoms with E-state index in [1.54, 1.807) is 18.6 Å². The van der Waals surface area contributed by atoms with Gasteiger partial charge in [-0.2, -0.15) is 9.90 Å². The van der Waals surface area contributed by atoms with Gasteiger partial charge in [0.2, 0.25) is 0 Å². The summed E-state index contributed by atoms with van der Waals surface area (Å²) in [5, 5.41) is 0. The molecule has 0 fully saturated rings. The fourth-order valence-electron chi connectivity index (χ4n) is 5.34. The van der Waals surface area contributed by atoms with Crippen molar-refractivity contribution in [3.05, 3.63) is 145 Å². The first-order valence-corrected chi connectivity index (χ1v) is 21.7. The zero-order valence-electron chi connectivity index (χ0n) is 22.3. The molecule has 0 aliphatic heterocycles. The summed E-state index contributed by atoms with van der Waals surface area (Å²) in [5.74, 6) is 0. The van der Waals surface area contributed by atoms with Crippen molar-refractivity contribution in [1.29, 1.82) is 0 Å². The number of hydrogen-bond donors (Lipinski definition) is 0. The molecule has 0 aliphatic rings. The number of nitrogens with zero attached hydrogens (tertiary/aromatic N) is 6. The van der Waals surface area contributed by atoms with E-state index in [0.717, 1.165) is 16.7 Å². The van der Waals surface area contributed by atoms with E-state index in [4.69, 9.17) is 42.9 Å². The van der Waals surface area contributed by atoms with Gasteiger partial charge in [-0.05, 0) is 0 Å². The normalized spacial score (nSPS) is 13.2. The molecule has 6 nitrogen and oxygen atoms in total. The van der Waals surface area contributed by atoms with E-state index >= 15 is 0 Å². The average Bonchev–Trinajstić information content (AvgIpc) is 3.73. The summed E-state index contributed by atoms with van der Waals surface area (Å²) in [6.07, 6.45) is 10.6. The van der Waals surface area contributed by atoms with Crippen LogP contribution in [0.4, 0.5) is 0 Å². The van der Waals surface area contributed by atoms with E-state index in [9.17, 15) is 0 Å². The minimum atomic E-state index is -6.51. The van der Waals surface area contributed by atoms with Gasteiger partial charge in [0.15, 0.2) is 0 Å². The summed E-state index contributed by atoms with van der Waals surface area (Å²) in [7, 11) is 17.6. The Labute approximate surface area is 252 Å². The van der Waals surface area contributed by atoms with Gasteiger partial charge in [0.1, 0.15) is 0 Å². The first kappa shape index (κ1) is 29.8. The van der Waals surface area contributed by atoms with Crippen LogP contribution in [0.1, 0.15) is 16.7 Å².